The second-order valence-corrected chi connectivity index (χ2v) is 6.90. The molecular weight excluding hydrogens is 350 g/mol. The van der Waals surface area contributed by atoms with Crippen LogP contribution in [0.15, 0.2) is 30.6 Å². The van der Waals surface area contributed by atoms with Gasteiger partial charge < -0.3 is 21.7 Å². The van der Waals surface area contributed by atoms with Crippen molar-refractivity contribution < 1.29 is 9.59 Å². The minimum atomic E-state index is -0.719. The zero-order valence-electron chi connectivity index (χ0n) is 14.0. The number of amides is 3. The maximum absolute atomic E-state index is 12.6. The van der Waals surface area contributed by atoms with Crippen LogP contribution in [0.4, 0.5) is 10.5 Å². The lowest BCUT2D eigenvalue weighted by Crippen LogP contribution is -2.45. The molecule has 0 aromatic carbocycles. The first-order chi connectivity index (χ1) is 12.6. The molecule has 26 heavy (non-hydrogen) atoms. The molecule has 1 saturated heterocycles. The van der Waals surface area contributed by atoms with Gasteiger partial charge in [0.25, 0.3) is 5.91 Å². The predicted molar refractivity (Wildman–Crippen MR) is 101 cm³/mol. The van der Waals surface area contributed by atoms with Crippen molar-refractivity contribution in [2.24, 2.45) is 5.73 Å². The molecule has 0 saturated carbocycles. The normalized spacial score (nSPS) is 16.2. The van der Waals surface area contributed by atoms with Gasteiger partial charge >= 0.3 is 6.03 Å². The van der Waals surface area contributed by atoms with E-state index in [0.717, 1.165) is 31.5 Å². The molecule has 2 aromatic heterocycles. The summed E-state index contributed by atoms with van der Waals surface area (Å²) in [4.78, 5) is 28.9. The summed E-state index contributed by atoms with van der Waals surface area (Å²) in [5.41, 5.74) is 6.36. The Morgan fingerprint density at radius 2 is 2.27 bits per heavy atom. The van der Waals surface area contributed by atoms with Gasteiger partial charge in [-0.1, -0.05) is 11.8 Å². The summed E-state index contributed by atoms with van der Waals surface area (Å²) >= 11 is 1.22. The Kier molecular flexibility index (Phi) is 5.84. The van der Waals surface area contributed by atoms with E-state index >= 15 is 0 Å². The number of urea groups is 1. The molecule has 5 N–H and O–H groups in total. The lowest BCUT2D eigenvalue weighted by Gasteiger charge is -2.23. The lowest BCUT2D eigenvalue weighted by molar-refractivity contribution is 0.0935. The van der Waals surface area contributed by atoms with Crippen LogP contribution in [0.1, 0.15) is 33.0 Å². The fraction of sp³-hybridized carbons (Fsp3) is 0.278. The molecular formula is C18H19N5O2S. The third kappa shape index (κ3) is 4.81. The molecule has 0 spiro atoms. The second kappa shape index (κ2) is 8.47. The summed E-state index contributed by atoms with van der Waals surface area (Å²) in [6, 6.07) is 4.66. The Morgan fingerprint density at radius 1 is 1.38 bits per heavy atom. The number of rotatable bonds is 3. The van der Waals surface area contributed by atoms with E-state index in [0.29, 0.717) is 15.4 Å². The Labute approximate surface area is 155 Å². The lowest BCUT2D eigenvalue weighted by atomic mass is 10.1. The van der Waals surface area contributed by atoms with Gasteiger partial charge in [-0.2, -0.15) is 0 Å². The fourth-order valence-corrected chi connectivity index (χ4v) is 3.51. The molecule has 3 heterocycles. The van der Waals surface area contributed by atoms with Crippen molar-refractivity contribution in [2.45, 2.75) is 18.9 Å². The predicted octanol–water partition coefficient (Wildman–Crippen LogP) is 1.52. The third-order valence-electron chi connectivity index (χ3n) is 3.82. The van der Waals surface area contributed by atoms with Crippen LogP contribution in [0, 0.1) is 11.8 Å². The number of hydrogen-bond donors (Lipinski definition) is 4. The third-order valence-corrected chi connectivity index (χ3v) is 4.87. The number of aromatic nitrogens is 1. The molecule has 1 unspecified atom stereocenters. The van der Waals surface area contributed by atoms with E-state index in [1.165, 1.54) is 11.3 Å². The van der Waals surface area contributed by atoms with E-state index in [-0.39, 0.29) is 11.9 Å². The molecule has 2 aromatic rings. The number of nitrogens with zero attached hydrogens (tertiary/aromatic N) is 1. The molecule has 3 rings (SSSR count). The Bertz CT molecular complexity index is 847. The number of hydrogen-bond acceptors (Lipinski definition) is 5. The van der Waals surface area contributed by atoms with E-state index in [1.807, 2.05) is 6.07 Å². The van der Waals surface area contributed by atoms with Gasteiger partial charge in [0.2, 0.25) is 0 Å². The molecule has 134 valence electrons. The number of piperidine rings is 1. The molecule has 1 atom stereocenters. The van der Waals surface area contributed by atoms with E-state index in [1.54, 1.807) is 24.5 Å². The highest BCUT2D eigenvalue weighted by Crippen LogP contribution is 2.27. The van der Waals surface area contributed by atoms with Gasteiger partial charge in [-0.25, -0.2) is 4.79 Å². The molecule has 0 bridgehead atoms. The number of pyridine rings is 1. The minimum absolute atomic E-state index is 0.0738. The van der Waals surface area contributed by atoms with Crippen LogP contribution in [0.3, 0.4) is 0 Å². The maximum Gasteiger partial charge on any atom is 0.316 e. The first-order valence-corrected chi connectivity index (χ1v) is 9.07. The Morgan fingerprint density at radius 3 is 2.96 bits per heavy atom. The standard InChI is InChI=1S/C18H19N5O2S/c19-18(25)23-15-9-14(6-5-12-3-1-7-20-10-12)26-16(15)17(24)22-13-4-2-8-21-11-13/h1,3,7,9-10,13,21H,2,4,8,11H2,(H,22,24)(H3,19,23,25). The van der Waals surface area contributed by atoms with E-state index in [4.69, 9.17) is 5.73 Å². The van der Waals surface area contributed by atoms with Crippen LogP contribution in [-0.4, -0.2) is 36.1 Å². The second-order valence-electron chi connectivity index (χ2n) is 5.85. The molecule has 0 aliphatic carbocycles. The van der Waals surface area contributed by atoms with Crippen molar-refractivity contribution in [3.8, 4) is 11.8 Å². The van der Waals surface area contributed by atoms with E-state index in [2.05, 4.69) is 32.8 Å². The SMILES string of the molecule is NC(=O)Nc1cc(C#Cc2cccnc2)sc1C(=O)NC1CCCNC1. The van der Waals surface area contributed by atoms with Gasteiger partial charge in [0, 0.05) is 30.5 Å². The first kappa shape index (κ1) is 17.9. The topological polar surface area (TPSA) is 109 Å². The number of carbonyl (C=O) groups excluding carboxylic acids is 2. The zero-order chi connectivity index (χ0) is 18.4. The van der Waals surface area contributed by atoms with Crippen LogP contribution >= 0.6 is 11.3 Å². The van der Waals surface area contributed by atoms with Crippen molar-refractivity contribution in [1.29, 1.82) is 0 Å². The summed E-state index contributed by atoms with van der Waals surface area (Å²) in [6.07, 6.45) is 5.28. The monoisotopic (exact) mass is 369 g/mol. The number of nitrogens with one attached hydrogen (secondary N) is 3. The van der Waals surface area contributed by atoms with Crippen LogP contribution in [-0.2, 0) is 0 Å². The van der Waals surface area contributed by atoms with Crippen molar-refractivity contribution in [2.75, 3.05) is 18.4 Å². The van der Waals surface area contributed by atoms with Crippen LogP contribution in [0.5, 0.6) is 0 Å². The highest BCUT2D eigenvalue weighted by atomic mass is 32.1. The summed E-state index contributed by atoms with van der Waals surface area (Å²) < 4.78 is 0. The van der Waals surface area contributed by atoms with Crippen LogP contribution in [0.25, 0.3) is 0 Å². The average Bonchev–Trinajstić information content (AvgIpc) is 3.04. The summed E-state index contributed by atoms with van der Waals surface area (Å²) in [7, 11) is 0. The number of thiophene rings is 1. The Hall–Kier alpha value is -2.89. The van der Waals surface area contributed by atoms with Crippen molar-refractivity contribution in [3.63, 3.8) is 0 Å². The maximum atomic E-state index is 12.6. The Balaban J connectivity index is 1.81. The summed E-state index contributed by atoms with van der Waals surface area (Å²) in [5, 5.41) is 8.75. The van der Waals surface area contributed by atoms with Gasteiger partial charge in [-0.3, -0.25) is 9.78 Å². The fourth-order valence-electron chi connectivity index (χ4n) is 2.64. The van der Waals surface area contributed by atoms with Crippen LogP contribution in [0.2, 0.25) is 0 Å². The van der Waals surface area contributed by atoms with Crippen molar-refractivity contribution >= 4 is 29.0 Å². The van der Waals surface area contributed by atoms with Gasteiger partial charge in [-0.05, 0) is 37.6 Å². The van der Waals surface area contributed by atoms with Gasteiger partial charge in [-0.15, -0.1) is 11.3 Å². The molecule has 1 aliphatic heterocycles. The first-order valence-electron chi connectivity index (χ1n) is 8.26. The number of anilines is 1. The number of nitrogens with two attached hydrogens (primary N) is 1. The van der Waals surface area contributed by atoms with Gasteiger partial charge in [0.1, 0.15) is 4.88 Å². The van der Waals surface area contributed by atoms with E-state index in [9.17, 15) is 9.59 Å². The summed E-state index contributed by atoms with van der Waals surface area (Å²) in [5.74, 6) is 5.75. The minimum Gasteiger partial charge on any atom is -0.351 e. The molecule has 1 fully saturated rings. The van der Waals surface area contributed by atoms with Crippen molar-refractivity contribution in [3.05, 3.63) is 45.9 Å². The van der Waals surface area contributed by atoms with Crippen LogP contribution < -0.4 is 21.7 Å². The van der Waals surface area contributed by atoms with Gasteiger partial charge in [0.05, 0.1) is 10.6 Å². The van der Waals surface area contributed by atoms with Crippen molar-refractivity contribution in [1.82, 2.24) is 15.6 Å². The zero-order valence-corrected chi connectivity index (χ0v) is 14.9. The molecule has 0 radical (unpaired) electrons. The quantitative estimate of drug-likeness (QED) is 0.615. The molecule has 1 aliphatic rings. The highest BCUT2D eigenvalue weighted by Gasteiger charge is 2.21. The largest absolute Gasteiger partial charge is 0.351 e. The number of carbonyl (C=O) groups is 2. The van der Waals surface area contributed by atoms with Gasteiger partial charge in [0.15, 0.2) is 0 Å². The van der Waals surface area contributed by atoms with E-state index < -0.39 is 6.03 Å². The molecule has 3 amide bonds. The average molecular weight is 369 g/mol. The smallest absolute Gasteiger partial charge is 0.316 e. The highest BCUT2D eigenvalue weighted by molar-refractivity contribution is 7.15. The number of primary amides is 1. The molecule has 7 nitrogen and oxygen atoms in total. The molecule has 8 heteroatoms. The summed E-state index contributed by atoms with van der Waals surface area (Å²) in [6.45, 7) is 1.71.